The van der Waals surface area contributed by atoms with Gasteiger partial charge in [-0.3, -0.25) is 4.79 Å². The number of pyridine rings is 1. The Balaban J connectivity index is 1.87. The first-order chi connectivity index (χ1) is 10.1. The van der Waals surface area contributed by atoms with Gasteiger partial charge in [-0.05, 0) is 30.7 Å². The van der Waals surface area contributed by atoms with E-state index in [2.05, 4.69) is 4.98 Å². The van der Waals surface area contributed by atoms with Gasteiger partial charge in [-0.25, -0.2) is 4.98 Å². The molecule has 0 saturated carbocycles. The Morgan fingerprint density at radius 2 is 2.05 bits per heavy atom. The number of benzene rings is 1. The lowest BCUT2D eigenvalue weighted by atomic mass is 10.2. The fourth-order valence-electron chi connectivity index (χ4n) is 1.84. The van der Waals surface area contributed by atoms with Crippen LogP contribution in [0.4, 0.5) is 4.39 Å². The maximum absolute atomic E-state index is 12.7. The highest BCUT2D eigenvalue weighted by atomic mass is 19.1. The number of hydrogen-bond acceptors (Lipinski definition) is 3. The maximum atomic E-state index is 12.7. The van der Waals surface area contributed by atoms with Crippen LogP contribution in [-0.4, -0.2) is 36.0 Å². The molecule has 1 amide bonds. The van der Waals surface area contributed by atoms with Crippen molar-refractivity contribution < 1.29 is 13.9 Å². The van der Waals surface area contributed by atoms with Crippen molar-refractivity contribution in [1.82, 2.24) is 9.88 Å². The molecule has 0 radical (unpaired) electrons. The standard InChI is InChI=1S/C16H17FN2O2/c1-12-5-3-4-6-14(12)21-10-9-19(2)16(20)13-7-8-15(17)18-11-13/h3-8,11H,9-10H2,1-2H3. The Kier molecular flexibility index (Phi) is 4.87. The summed E-state index contributed by atoms with van der Waals surface area (Å²) in [5.41, 5.74) is 1.41. The number of hydrogen-bond donors (Lipinski definition) is 0. The molecule has 0 saturated heterocycles. The normalized spacial score (nSPS) is 10.2. The van der Waals surface area contributed by atoms with Gasteiger partial charge in [-0.1, -0.05) is 18.2 Å². The van der Waals surface area contributed by atoms with Crippen molar-refractivity contribution in [2.45, 2.75) is 6.92 Å². The maximum Gasteiger partial charge on any atom is 0.255 e. The molecule has 0 aliphatic rings. The minimum absolute atomic E-state index is 0.212. The number of carbonyl (C=O) groups excluding carboxylic acids is 1. The molecule has 4 nitrogen and oxygen atoms in total. The fourth-order valence-corrected chi connectivity index (χ4v) is 1.84. The van der Waals surface area contributed by atoms with Gasteiger partial charge in [0.15, 0.2) is 0 Å². The summed E-state index contributed by atoms with van der Waals surface area (Å²) in [6.45, 7) is 2.79. The van der Waals surface area contributed by atoms with Crippen molar-refractivity contribution in [3.05, 3.63) is 59.7 Å². The van der Waals surface area contributed by atoms with Crippen molar-refractivity contribution in [1.29, 1.82) is 0 Å². The Morgan fingerprint density at radius 1 is 1.29 bits per heavy atom. The second-order valence-electron chi connectivity index (χ2n) is 4.71. The summed E-state index contributed by atoms with van der Waals surface area (Å²) in [7, 11) is 1.67. The summed E-state index contributed by atoms with van der Waals surface area (Å²) in [6.07, 6.45) is 1.23. The van der Waals surface area contributed by atoms with Crippen molar-refractivity contribution in [2.24, 2.45) is 0 Å². The molecule has 0 fully saturated rings. The van der Waals surface area contributed by atoms with E-state index in [0.29, 0.717) is 18.7 Å². The highest BCUT2D eigenvalue weighted by molar-refractivity contribution is 5.93. The number of nitrogens with zero attached hydrogens (tertiary/aromatic N) is 2. The SMILES string of the molecule is Cc1ccccc1OCCN(C)C(=O)c1ccc(F)nc1. The van der Waals surface area contributed by atoms with Crippen LogP contribution in [0, 0.1) is 12.9 Å². The molecule has 1 aromatic carbocycles. The molecule has 0 aliphatic carbocycles. The topological polar surface area (TPSA) is 42.4 Å². The molecule has 0 atom stereocenters. The van der Waals surface area contributed by atoms with Crippen molar-refractivity contribution >= 4 is 5.91 Å². The molecule has 2 aromatic rings. The van der Waals surface area contributed by atoms with Crippen LogP contribution in [0.2, 0.25) is 0 Å². The quantitative estimate of drug-likeness (QED) is 0.794. The zero-order valence-corrected chi connectivity index (χ0v) is 12.0. The third-order valence-corrected chi connectivity index (χ3v) is 3.10. The van der Waals surface area contributed by atoms with Crippen LogP contribution >= 0.6 is 0 Å². The summed E-state index contributed by atoms with van der Waals surface area (Å²) < 4.78 is 18.4. The second kappa shape index (κ2) is 6.83. The van der Waals surface area contributed by atoms with E-state index in [0.717, 1.165) is 11.3 Å². The first kappa shape index (κ1) is 15.0. The Bertz CT molecular complexity index is 614. The highest BCUT2D eigenvalue weighted by Gasteiger charge is 2.12. The molecule has 1 heterocycles. The van der Waals surface area contributed by atoms with Gasteiger partial charge in [0, 0.05) is 13.2 Å². The van der Waals surface area contributed by atoms with Gasteiger partial charge in [0.1, 0.15) is 12.4 Å². The third-order valence-electron chi connectivity index (χ3n) is 3.10. The molecule has 110 valence electrons. The smallest absolute Gasteiger partial charge is 0.255 e. The number of halogens is 1. The van der Waals surface area contributed by atoms with Crippen LogP contribution in [0.5, 0.6) is 5.75 Å². The van der Waals surface area contributed by atoms with Gasteiger partial charge in [0.25, 0.3) is 5.91 Å². The van der Waals surface area contributed by atoms with E-state index in [9.17, 15) is 9.18 Å². The lowest BCUT2D eigenvalue weighted by Crippen LogP contribution is -2.31. The van der Waals surface area contributed by atoms with E-state index in [4.69, 9.17) is 4.74 Å². The first-order valence-corrected chi connectivity index (χ1v) is 6.63. The Morgan fingerprint density at radius 3 is 2.71 bits per heavy atom. The average Bonchev–Trinajstić information content (AvgIpc) is 2.49. The van der Waals surface area contributed by atoms with Crippen LogP contribution in [-0.2, 0) is 0 Å². The van der Waals surface area contributed by atoms with E-state index >= 15 is 0 Å². The number of ether oxygens (including phenoxy) is 1. The zero-order chi connectivity index (χ0) is 15.2. The number of aromatic nitrogens is 1. The highest BCUT2D eigenvalue weighted by Crippen LogP contribution is 2.15. The second-order valence-corrected chi connectivity index (χ2v) is 4.71. The molecule has 0 N–H and O–H groups in total. The van der Waals surface area contributed by atoms with Crippen molar-refractivity contribution in [3.8, 4) is 5.75 Å². The minimum Gasteiger partial charge on any atom is -0.491 e. The third kappa shape index (κ3) is 4.02. The lowest BCUT2D eigenvalue weighted by molar-refractivity contribution is 0.0773. The summed E-state index contributed by atoms with van der Waals surface area (Å²) in [5, 5.41) is 0. The van der Waals surface area contributed by atoms with E-state index < -0.39 is 5.95 Å². The zero-order valence-electron chi connectivity index (χ0n) is 12.0. The van der Waals surface area contributed by atoms with Gasteiger partial charge in [0.2, 0.25) is 5.95 Å². The van der Waals surface area contributed by atoms with Crippen LogP contribution in [0.25, 0.3) is 0 Å². The molecule has 0 bridgehead atoms. The van der Waals surface area contributed by atoms with Crippen LogP contribution < -0.4 is 4.74 Å². The molecule has 2 rings (SSSR count). The van der Waals surface area contributed by atoms with E-state index in [1.165, 1.54) is 23.2 Å². The number of rotatable bonds is 5. The number of likely N-dealkylation sites (N-methyl/N-ethyl adjacent to an activating group) is 1. The van der Waals surface area contributed by atoms with Crippen LogP contribution in [0.3, 0.4) is 0 Å². The fraction of sp³-hybridized carbons (Fsp3) is 0.250. The van der Waals surface area contributed by atoms with Gasteiger partial charge in [-0.15, -0.1) is 0 Å². The summed E-state index contributed by atoms with van der Waals surface area (Å²) in [4.78, 5) is 17.1. The molecule has 5 heteroatoms. The van der Waals surface area contributed by atoms with Gasteiger partial charge < -0.3 is 9.64 Å². The first-order valence-electron chi connectivity index (χ1n) is 6.63. The number of carbonyl (C=O) groups is 1. The van der Waals surface area contributed by atoms with E-state index in [1.807, 2.05) is 31.2 Å². The molecule has 0 aliphatic heterocycles. The predicted octanol–water partition coefficient (Wildman–Crippen LogP) is 2.68. The molecule has 21 heavy (non-hydrogen) atoms. The summed E-state index contributed by atoms with van der Waals surface area (Å²) in [5.74, 6) is -0.00484. The Labute approximate surface area is 123 Å². The van der Waals surface area contributed by atoms with Crippen LogP contribution in [0.1, 0.15) is 15.9 Å². The average molecular weight is 288 g/mol. The van der Waals surface area contributed by atoms with Gasteiger partial charge >= 0.3 is 0 Å². The van der Waals surface area contributed by atoms with Gasteiger partial charge in [0.05, 0.1) is 12.1 Å². The summed E-state index contributed by atoms with van der Waals surface area (Å²) >= 11 is 0. The minimum atomic E-state index is -0.600. The number of aryl methyl sites for hydroxylation is 1. The monoisotopic (exact) mass is 288 g/mol. The van der Waals surface area contributed by atoms with Crippen molar-refractivity contribution in [3.63, 3.8) is 0 Å². The molecule has 0 unspecified atom stereocenters. The van der Waals surface area contributed by atoms with E-state index in [1.54, 1.807) is 7.05 Å². The molecular formula is C16H17FN2O2. The molecule has 0 spiro atoms. The van der Waals surface area contributed by atoms with Crippen LogP contribution in [0.15, 0.2) is 42.6 Å². The molecular weight excluding hydrogens is 271 g/mol. The summed E-state index contributed by atoms with van der Waals surface area (Å²) in [6, 6.07) is 10.3. The number of para-hydroxylation sites is 1. The Hall–Kier alpha value is -2.43. The van der Waals surface area contributed by atoms with E-state index in [-0.39, 0.29) is 5.91 Å². The molecule has 1 aromatic heterocycles. The van der Waals surface area contributed by atoms with Gasteiger partial charge in [-0.2, -0.15) is 4.39 Å². The predicted molar refractivity (Wildman–Crippen MR) is 77.8 cm³/mol. The lowest BCUT2D eigenvalue weighted by Gasteiger charge is -2.18. The number of amides is 1. The largest absolute Gasteiger partial charge is 0.491 e. The van der Waals surface area contributed by atoms with Crippen molar-refractivity contribution in [2.75, 3.05) is 20.2 Å².